The molecule has 1 aliphatic carbocycles. The Bertz CT molecular complexity index is 228. The second kappa shape index (κ2) is 6.10. The van der Waals surface area contributed by atoms with Gasteiger partial charge in [-0.3, -0.25) is 0 Å². The molecule has 0 heterocycles. The van der Waals surface area contributed by atoms with Crippen molar-refractivity contribution in [3.05, 3.63) is 0 Å². The van der Waals surface area contributed by atoms with Gasteiger partial charge in [0.2, 0.25) is 0 Å². The van der Waals surface area contributed by atoms with E-state index in [9.17, 15) is 8.78 Å². The molecule has 3 unspecified atom stereocenters. The minimum absolute atomic E-state index is 0.00505. The zero-order valence-corrected chi connectivity index (χ0v) is 11.0. The smallest absolute Gasteiger partial charge is 0.265 e. The van der Waals surface area contributed by atoms with Crippen molar-refractivity contribution in [2.24, 2.45) is 11.3 Å². The normalized spacial score (nSPS) is 28.4. The van der Waals surface area contributed by atoms with E-state index in [1.165, 1.54) is 6.42 Å². The summed E-state index contributed by atoms with van der Waals surface area (Å²) in [6.07, 6.45) is 0.341. The average molecular weight is 249 g/mol. The first-order valence-electron chi connectivity index (χ1n) is 6.52. The lowest BCUT2D eigenvalue weighted by atomic mass is 9.69. The van der Waals surface area contributed by atoms with E-state index < -0.39 is 12.5 Å². The van der Waals surface area contributed by atoms with Crippen molar-refractivity contribution in [3.63, 3.8) is 0 Å². The highest BCUT2D eigenvalue weighted by Crippen LogP contribution is 2.37. The summed E-state index contributed by atoms with van der Waals surface area (Å²) < 4.78 is 24.4. The molecule has 1 rings (SSSR count). The fourth-order valence-corrected chi connectivity index (χ4v) is 2.77. The largest absolute Gasteiger partial charge is 0.386 e. The van der Waals surface area contributed by atoms with E-state index in [1.807, 2.05) is 0 Å². The molecule has 1 saturated carbocycles. The van der Waals surface area contributed by atoms with Crippen molar-refractivity contribution < 1.29 is 13.9 Å². The van der Waals surface area contributed by atoms with Gasteiger partial charge in [-0.25, -0.2) is 8.78 Å². The summed E-state index contributed by atoms with van der Waals surface area (Å²) >= 11 is 0. The molecule has 1 aliphatic rings. The predicted molar refractivity (Wildman–Crippen MR) is 65.2 cm³/mol. The fourth-order valence-electron chi connectivity index (χ4n) is 2.77. The summed E-state index contributed by atoms with van der Waals surface area (Å²) in [5.41, 5.74) is 0.188. The lowest BCUT2D eigenvalue weighted by Crippen LogP contribution is -2.47. The molecule has 0 aromatic rings. The monoisotopic (exact) mass is 249 g/mol. The Morgan fingerprint density at radius 1 is 1.24 bits per heavy atom. The summed E-state index contributed by atoms with van der Waals surface area (Å²) in [5.74, 6) is 0.501. The maximum atomic E-state index is 12.2. The minimum atomic E-state index is -2.65. The average Bonchev–Trinajstić information content (AvgIpc) is 2.24. The van der Waals surface area contributed by atoms with Crippen molar-refractivity contribution >= 4 is 0 Å². The Morgan fingerprint density at radius 3 is 2.35 bits per heavy atom. The molecular formula is C13H25F2NO. The van der Waals surface area contributed by atoms with Crippen LogP contribution in [0.25, 0.3) is 0 Å². The Balaban J connectivity index is 2.49. The lowest BCUT2D eigenvalue weighted by molar-refractivity contribution is -0.00842. The highest BCUT2D eigenvalue weighted by Gasteiger charge is 2.34. The summed E-state index contributed by atoms with van der Waals surface area (Å²) in [7, 11) is 0. The van der Waals surface area contributed by atoms with Gasteiger partial charge in [-0.1, -0.05) is 33.6 Å². The first-order chi connectivity index (χ1) is 7.82. The van der Waals surface area contributed by atoms with Gasteiger partial charge in [0.1, 0.15) is 6.10 Å². The van der Waals surface area contributed by atoms with E-state index in [0.29, 0.717) is 5.92 Å². The van der Waals surface area contributed by atoms with Crippen LogP contribution in [-0.4, -0.2) is 30.2 Å². The van der Waals surface area contributed by atoms with Crippen LogP contribution in [0.3, 0.4) is 0 Å². The molecule has 0 spiro atoms. The minimum Gasteiger partial charge on any atom is -0.386 e. The van der Waals surface area contributed by atoms with Crippen LogP contribution in [0, 0.1) is 11.3 Å². The summed E-state index contributed by atoms with van der Waals surface area (Å²) in [4.78, 5) is 0. The van der Waals surface area contributed by atoms with Gasteiger partial charge in [-0.15, -0.1) is 0 Å². The van der Waals surface area contributed by atoms with E-state index in [0.717, 1.165) is 19.3 Å². The first-order valence-corrected chi connectivity index (χ1v) is 6.52. The molecule has 1 fully saturated rings. The van der Waals surface area contributed by atoms with Crippen molar-refractivity contribution in [2.45, 2.75) is 65.0 Å². The number of aliphatic hydroxyl groups is 1. The van der Waals surface area contributed by atoms with Crippen LogP contribution in [0.1, 0.15) is 46.5 Å². The molecule has 0 aromatic carbocycles. The van der Waals surface area contributed by atoms with Gasteiger partial charge in [0, 0.05) is 12.6 Å². The van der Waals surface area contributed by atoms with Gasteiger partial charge in [-0.05, 0) is 24.2 Å². The Labute approximate surface area is 103 Å². The van der Waals surface area contributed by atoms with Crippen molar-refractivity contribution in [1.29, 1.82) is 0 Å². The quantitative estimate of drug-likeness (QED) is 0.803. The second-order valence-corrected chi connectivity index (χ2v) is 6.17. The van der Waals surface area contributed by atoms with Crippen molar-refractivity contribution in [2.75, 3.05) is 6.54 Å². The van der Waals surface area contributed by atoms with E-state index in [4.69, 9.17) is 5.11 Å². The number of alkyl halides is 2. The van der Waals surface area contributed by atoms with E-state index in [-0.39, 0.29) is 18.0 Å². The van der Waals surface area contributed by atoms with Crippen molar-refractivity contribution in [1.82, 2.24) is 5.32 Å². The molecule has 3 atom stereocenters. The van der Waals surface area contributed by atoms with Crippen LogP contribution in [0.2, 0.25) is 0 Å². The third-order valence-electron chi connectivity index (χ3n) is 3.76. The SMILES string of the molecule is CC(C)(C)C1CCCCC1NCC(O)C(F)F. The molecular weight excluding hydrogens is 224 g/mol. The van der Waals surface area contributed by atoms with E-state index in [2.05, 4.69) is 26.1 Å². The van der Waals surface area contributed by atoms with Crippen LogP contribution in [0.4, 0.5) is 8.78 Å². The molecule has 4 heteroatoms. The van der Waals surface area contributed by atoms with Crippen LogP contribution in [0.15, 0.2) is 0 Å². The Hall–Kier alpha value is -0.220. The third kappa shape index (κ3) is 4.51. The van der Waals surface area contributed by atoms with Gasteiger partial charge in [0.25, 0.3) is 6.43 Å². The van der Waals surface area contributed by atoms with Crippen LogP contribution < -0.4 is 5.32 Å². The molecule has 17 heavy (non-hydrogen) atoms. The molecule has 0 saturated heterocycles. The zero-order chi connectivity index (χ0) is 13.1. The van der Waals surface area contributed by atoms with Crippen LogP contribution >= 0.6 is 0 Å². The number of halogens is 2. The zero-order valence-electron chi connectivity index (χ0n) is 11.0. The molecule has 2 N–H and O–H groups in total. The number of hydrogen-bond donors (Lipinski definition) is 2. The topological polar surface area (TPSA) is 32.3 Å². The molecule has 0 aromatic heterocycles. The molecule has 0 aliphatic heterocycles. The Kier molecular flexibility index (Phi) is 5.32. The lowest BCUT2D eigenvalue weighted by Gasteiger charge is -2.41. The molecule has 2 nitrogen and oxygen atoms in total. The number of hydrogen-bond acceptors (Lipinski definition) is 2. The fraction of sp³-hybridized carbons (Fsp3) is 1.00. The van der Waals surface area contributed by atoms with Crippen LogP contribution in [-0.2, 0) is 0 Å². The van der Waals surface area contributed by atoms with Crippen LogP contribution in [0.5, 0.6) is 0 Å². The van der Waals surface area contributed by atoms with Crippen molar-refractivity contribution in [3.8, 4) is 0 Å². The van der Waals surface area contributed by atoms with Gasteiger partial charge < -0.3 is 10.4 Å². The van der Waals surface area contributed by atoms with E-state index in [1.54, 1.807) is 0 Å². The number of nitrogens with one attached hydrogen (secondary N) is 1. The highest BCUT2D eigenvalue weighted by atomic mass is 19.3. The van der Waals surface area contributed by atoms with Gasteiger partial charge >= 0.3 is 0 Å². The standard InChI is InChI=1S/C13H25F2NO/c1-13(2,3)9-6-4-5-7-10(9)16-8-11(17)12(14)15/h9-12,16-17H,4-8H2,1-3H3. The predicted octanol–water partition coefficient (Wildman–Crippen LogP) is 2.81. The maximum absolute atomic E-state index is 12.2. The molecule has 0 amide bonds. The number of rotatable bonds is 4. The van der Waals surface area contributed by atoms with Gasteiger partial charge in [0.15, 0.2) is 0 Å². The second-order valence-electron chi connectivity index (χ2n) is 6.17. The number of aliphatic hydroxyl groups excluding tert-OH is 1. The first kappa shape index (κ1) is 14.8. The molecule has 0 bridgehead atoms. The van der Waals surface area contributed by atoms with Gasteiger partial charge in [0.05, 0.1) is 0 Å². The molecule has 0 radical (unpaired) electrons. The summed E-state index contributed by atoms with van der Waals surface area (Å²) in [6, 6.07) is 0.261. The Morgan fingerprint density at radius 2 is 1.82 bits per heavy atom. The molecule has 102 valence electrons. The van der Waals surface area contributed by atoms with E-state index >= 15 is 0 Å². The maximum Gasteiger partial charge on any atom is 0.265 e. The summed E-state index contributed by atoms with van der Waals surface area (Å²) in [5, 5.41) is 12.3. The summed E-state index contributed by atoms with van der Waals surface area (Å²) in [6.45, 7) is 6.58. The third-order valence-corrected chi connectivity index (χ3v) is 3.76. The highest BCUT2D eigenvalue weighted by molar-refractivity contribution is 4.88. The van der Waals surface area contributed by atoms with Gasteiger partial charge in [-0.2, -0.15) is 0 Å².